The zero-order valence-electron chi connectivity index (χ0n) is 22.5. The summed E-state index contributed by atoms with van der Waals surface area (Å²) in [4.78, 5) is 0. The van der Waals surface area contributed by atoms with Crippen LogP contribution in [0.15, 0.2) is 18.2 Å². The lowest BCUT2D eigenvalue weighted by Gasteiger charge is -2.31. The van der Waals surface area contributed by atoms with E-state index in [2.05, 4.69) is 80.5 Å². The maximum absolute atomic E-state index is 9.98. The second-order valence-corrected chi connectivity index (χ2v) is 11.9. The van der Waals surface area contributed by atoms with Crippen LogP contribution in [0.5, 0.6) is 0 Å². The Morgan fingerprint density at radius 2 is 0.806 bits per heavy atom. The second kappa shape index (κ2) is 7.39. The molecular formula is C24H40BN6-. The highest BCUT2D eigenvalue weighted by molar-refractivity contribution is 6.53. The van der Waals surface area contributed by atoms with Crippen molar-refractivity contribution < 1.29 is 0 Å². The highest BCUT2D eigenvalue weighted by Gasteiger charge is 2.27. The molecule has 0 aromatic carbocycles. The van der Waals surface area contributed by atoms with Crippen molar-refractivity contribution in [2.75, 3.05) is 0 Å². The molecule has 0 bridgehead atoms. The van der Waals surface area contributed by atoms with Gasteiger partial charge in [0, 0.05) is 16.2 Å². The summed E-state index contributed by atoms with van der Waals surface area (Å²) < 4.78 is 15.4. The molecule has 3 aromatic heterocycles. The van der Waals surface area contributed by atoms with E-state index in [1.807, 2.05) is 34.5 Å². The number of aryl methyl sites for hydroxylation is 3. The fourth-order valence-corrected chi connectivity index (χ4v) is 3.58. The molecular weight excluding hydrogens is 383 g/mol. The smallest absolute Gasteiger partial charge is 0.326 e. The number of rotatable bonds is 3. The van der Waals surface area contributed by atoms with Crippen LogP contribution >= 0.6 is 0 Å². The highest BCUT2D eigenvalue weighted by atomic mass is 15.5. The van der Waals surface area contributed by atoms with Crippen molar-refractivity contribution in [2.24, 2.45) is 0 Å². The largest absolute Gasteiger partial charge is 0.400 e. The van der Waals surface area contributed by atoms with Gasteiger partial charge in [-0.15, -0.1) is 1.34 Å². The third-order valence-electron chi connectivity index (χ3n) is 5.73. The third kappa shape index (κ3) is 4.51. The van der Waals surface area contributed by atoms with Gasteiger partial charge >= 0.3 is 7.08 Å². The lowest BCUT2D eigenvalue weighted by molar-refractivity contribution is 0.550. The molecule has 0 fully saturated rings. The highest BCUT2D eigenvalue weighted by Crippen LogP contribution is 2.26. The number of hydrogen-bond donors (Lipinski definition) is 0. The summed E-state index contributed by atoms with van der Waals surface area (Å²) in [5.41, 5.74) is 5.24. The standard InChI is InChI=1S/C24H40BN6/c1-16-13-19(22(4,5)6)26-29(16)25(30-17(2)14-20(27-30)23(7,8)9)31-18(3)15-21(28-31)24(10,11)12/h13-15,25H,1-12H3/q-1/i25D. The van der Waals surface area contributed by atoms with Crippen molar-refractivity contribution in [1.29, 1.82) is 1.34 Å². The Bertz CT molecular complexity index is 990. The molecule has 3 rings (SSSR count). The van der Waals surface area contributed by atoms with Gasteiger partial charge in [-0.05, 0) is 56.1 Å². The Labute approximate surface area is 189 Å². The van der Waals surface area contributed by atoms with Crippen molar-refractivity contribution in [2.45, 2.75) is 99.3 Å². The molecule has 31 heavy (non-hydrogen) atoms. The minimum Gasteiger partial charge on any atom is -0.400 e. The molecule has 3 aromatic rings. The van der Waals surface area contributed by atoms with E-state index < -0.39 is 7.08 Å². The number of aromatic nitrogens is 6. The molecule has 6 nitrogen and oxygen atoms in total. The summed E-state index contributed by atoms with van der Waals surface area (Å²) in [6, 6.07) is 6.24. The van der Waals surface area contributed by atoms with Crippen molar-refractivity contribution >= 4 is 7.08 Å². The summed E-state index contributed by atoms with van der Waals surface area (Å²) in [6.07, 6.45) is 0. The Kier molecular flexibility index (Phi) is 5.22. The fourth-order valence-electron chi connectivity index (χ4n) is 3.58. The molecule has 0 saturated carbocycles. The van der Waals surface area contributed by atoms with Gasteiger partial charge in [0.25, 0.3) is 0 Å². The molecule has 7 heteroatoms. The predicted molar refractivity (Wildman–Crippen MR) is 130 cm³/mol. The molecule has 0 saturated heterocycles. The van der Waals surface area contributed by atoms with Crippen molar-refractivity contribution in [3.05, 3.63) is 52.4 Å². The van der Waals surface area contributed by atoms with Gasteiger partial charge in [-0.3, -0.25) is 0 Å². The summed E-state index contributed by atoms with van der Waals surface area (Å²) in [6.45, 7) is 25.3. The van der Waals surface area contributed by atoms with E-state index in [0.29, 0.717) is 0 Å². The van der Waals surface area contributed by atoms with E-state index in [1.165, 1.54) is 0 Å². The molecule has 0 atom stereocenters. The first-order valence-corrected chi connectivity index (χ1v) is 11.2. The van der Waals surface area contributed by atoms with Gasteiger partial charge in [0.15, 0.2) is 0 Å². The monoisotopic (exact) mass is 424 g/mol. The Balaban J connectivity index is 2.38. The van der Waals surface area contributed by atoms with Crippen LogP contribution in [0.4, 0.5) is 0 Å². The normalized spacial score (nSPS) is 14.3. The number of hydrogen-bond acceptors (Lipinski definition) is 3. The van der Waals surface area contributed by atoms with Gasteiger partial charge in [-0.25, -0.2) is 15.3 Å². The minimum atomic E-state index is -2.42. The van der Waals surface area contributed by atoms with Crippen LogP contribution in [-0.4, -0.2) is 37.5 Å². The Hall–Kier alpha value is -2.31. The predicted octanol–water partition coefficient (Wildman–Crippen LogP) is 4.76. The van der Waals surface area contributed by atoms with Gasteiger partial charge < -0.3 is 13.8 Å². The van der Waals surface area contributed by atoms with Gasteiger partial charge in [-0.2, -0.15) is 0 Å². The topological polar surface area (TPSA) is 53.5 Å². The molecule has 0 aliphatic heterocycles. The third-order valence-corrected chi connectivity index (χ3v) is 5.73. The van der Waals surface area contributed by atoms with Gasteiger partial charge in [0.2, 0.25) is 0 Å². The van der Waals surface area contributed by atoms with E-state index >= 15 is 0 Å². The zero-order chi connectivity index (χ0) is 24.4. The zero-order valence-corrected chi connectivity index (χ0v) is 21.5. The first-order chi connectivity index (χ1) is 14.4. The van der Waals surface area contributed by atoms with Crippen molar-refractivity contribution in [3.8, 4) is 0 Å². The Morgan fingerprint density at radius 3 is 0.968 bits per heavy atom. The summed E-state index contributed by atoms with van der Waals surface area (Å²) in [5.74, 6) is 0. The maximum atomic E-state index is 9.98. The van der Waals surface area contributed by atoms with Crippen molar-refractivity contribution in [3.63, 3.8) is 0 Å². The molecule has 0 radical (unpaired) electrons. The SMILES string of the molecule is [2H][B-](n1nc(C(C)(C)C)cc1C)(n1nc(C(C)(C)C)cc1C)n1nc(C(C)(C)C)cc1C. The molecule has 3 heterocycles. The van der Waals surface area contributed by atoms with Crippen LogP contribution < -0.4 is 0 Å². The molecule has 0 N–H and O–H groups in total. The van der Waals surface area contributed by atoms with E-state index in [1.54, 1.807) is 0 Å². The average molecular weight is 424 g/mol. The second-order valence-electron chi connectivity index (χ2n) is 11.9. The van der Waals surface area contributed by atoms with Gasteiger partial charge in [-0.1, -0.05) is 62.3 Å². The fraction of sp³-hybridized carbons (Fsp3) is 0.625. The first-order valence-electron chi connectivity index (χ1n) is 11.8. The Morgan fingerprint density at radius 1 is 0.581 bits per heavy atom. The van der Waals surface area contributed by atoms with Crippen molar-refractivity contribution in [1.82, 2.24) is 29.1 Å². The maximum Gasteiger partial charge on any atom is 0.326 e. The van der Waals surface area contributed by atoms with E-state index in [0.717, 1.165) is 34.2 Å². The molecule has 0 amide bonds. The van der Waals surface area contributed by atoms with Crippen LogP contribution in [-0.2, 0) is 16.2 Å². The molecule has 170 valence electrons. The van der Waals surface area contributed by atoms with Crippen LogP contribution in [0.25, 0.3) is 0 Å². The summed E-state index contributed by atoms with van der Waals surface area (Å²) in [7, 11) is -2.42. The first kappa shape index (κ1) is 21.9. The van der Waals surface area contributed by atoms with Crippen LogP contribution in [0.1, 0.15) is 96.5 Å². The van der Waals surface area contributed by atoms with Crippen LogP contribution in [0.2, 0.25) is 0 Å². The minimum absolute atomic E-state index is 0.127. The lowest BCUT2D eigenvalue weighted by Crippen LogP contribution is -2.46. The lowest BCUT2D eigenvalue weighted by atomic mass is 9.92. The molecule has 0 spiro atoms. The molecule has 0 aliphatic rings. The van der Waals surface area contributed by atoms with E-state index in [-0.39, 0.29) is 16.2 Å². The average Bonchev–Trinajstić information content (AvgIpc) is 3.29. The summed E-state index contributed by atoms with van der Waals surface area (Å²) in [5, 5.41) is 14.9. The molecule has 0 unspecified atom stereocenters. The number of nitrogens with zero attached hydrogens (tertiary/aromatic N) is 6. The van der Waals surface area contributed by atoms with Gasteiger partial charge in [0.1, 0.15) is 0 Å². The van der Waals surface area contributed by atoms with E-state index in [4.69, 9.17) is 15.3 Å². The quantitative estimate of drug-likeness (QED) is 0.570. The summed E-state index contributed by atoms with van der Waals surface area (Å²) >= 11 is 0. The molecule has 0 aliphatic carbocycles. The van der Waals surface area contributed by atoms with Crippen LogP contribution in [0, 0.1) is 20.8 Å². The van der Waals surface area contributed by atoms with Gasteiger partial charge in [0.05, 0.1) is 17.1 Å². The van der Waals surface area contributed by atoms with Crippen LogP contribution in [0.3, 0.4) is 0 Å². The van der Waals surface area contributed by atoms with E-state index in [9.17, 15) is 1.34 Å².